The molecule has 6 aromatic rings. The number of benzene rings is 4. The molecule has 288 valence electrons. The number of anilines is 1. The molecule has 0 spiro atoms. The highest BCUT2D eigenvalue weighted by Gasteiger charge is 2.37. The molecule has 1 saturated heterocycles. The fraction of sp³-hybridized carbons (Fsp3) is 0.262. The van der Waals surface area contributed by atoms with Gasteiger partial charge in [0.2, 0.25) is 11.9 Å². The minimum Gasteiger partial charge on any atom is -0.497 e. The number of methoxy groups -OCH3 is 1. The third kappa shape index (κ3) is 8.53. The molecule has 14 heteroatoms. The Balaban J connectivity index is 1.08. The van der Waals surface area contributed by atoms with Crippen LogP contribution >= 0.6 is 12.0 Å². The van der Waals surface area contributed by atoms with E-state index in [2.05, 4.69) is 44.5 Å². The first-order chi connectivity index (χ1) is 27.2. The average molecular weight is 776 g/mol. The average Bonchev–Trinajstić information content (AvgIpc) is 3.82. The van der Waals surface area contributed by atoms with Crippen molar-refractivity contribution >= 4 is 41.0 Å². The van der Waals surface area contributed by atoms with Crippen molar-refractivity contribution in [2.75, 3.05) is 19.0 Å². The SMILES string of the molecule is COc1ccc(-c2c(COSC(c3ccccc3)c3ccccc3)cccc2C(=O)OC[C@H]2O[C@@H](n3cnc4c(=O)[nH]c(NC(=O)C(C)C)nc43)C[C@@H]2O)cc1. The minimum atomic E-state index is -1.01. The molecule has 3 heterocycles. The van der Waals surface area contributed by atoms with E-state index in [1.54, 1.807) is 33.1 Å². The van der Waals surface area contributed by atoms with E-state index in [1.807, 2.05) is 66.7 Å². The zero-order valence-corrected chi connectivity index (χ0v) is 31.8. The molecule has 2 aromatic heterocycles. The van der Waals surface area contributed by atoms with Gasteiger partial charge in [0.1, 0.15) is 24.7 Å². The lowest BCUT2D eigenvalue weighted by atomic mass is 9.94. The summed E-state index contributed by atoms with van der Waals surface area (Å²) in [4.78, 5) is 50.0. The summed E-state index contributed by atoms with van der Waals surface area (Å²) in [6.45, 7) is 3.38. The van der Waals surface area contributed by atoms with Gasteiger partial charge >= 0.3 is 5.97 Å². The smallest absolute Gasteiger partial charge is 0.338 e. The number of hydrogen-bond donors (Lipinski definition) is 3. The molecule has 0 aliphatic carbocycles. The molecule has 3 N–H and O–H groups in total. The predicted molar refractivity (Wildman–Crippen MR) is 212 cm³/mol. The molecule has 1 fully saturated rings. The quantitative estimate of drug-likeness (QED) is 0.0783. The molecule has 0 unspecified atom stereocenters. The number of carbonyl (C=O) groups excluding carboxylic acids is 2. The number of fused-ring (bicyclic) bond motifs is 1. The summed E-state index contributed by atoms with van der Waals surface area (Å²) >= 11 is 1.35. The Bertz CT molecular complexity index is 2310. The van der Waals surface area contributed by atoms with Crippen LogP contribution in [-0.2, 0) is 25.1 Å². The molecule has 0 bridgehead atoms. The highest BCUT2D eigenvalue weighted by molar-refractivity contribution is 7.95. The van der Waals surface area contributed by atoms with Crippen molar-refractivity contribution in [3.8, 4) is 16.9 Å². The van der Waals surface area contributed by atoms with Crippen LogP contribution < -0.4 is 15.6 Å². The number of nitrogens with one attached hydrogen (secondary N) is 2. The number of H-pyrrole nitrogens is 1. The maximum Gasteiger partial charge on any atom is 0.338 e. The highest BCUT2D eigenvalue weighted by Crippen LogP contribution is 2.38. The van der Waals surface area contributed by atoms with Gasteiger partial charge in [0, 0.05) is 29.9 Å². The van der Waals surface area contributed by atoms with E-state index >= 15 is 0 Å². The molecule has 3 atom stereocenters. The van der Waals surface area contributed by atoms with Gasteiger partial charge in [-0.25, -0.2) is 9.78 Å². The van der Waals surface area contributed by atoms with Crippen molar-refractivity contribution in [2.45, 2.75) is 50.6 Å². The number of nitrogens with zero attached hydrogens (tertiary/aromatic N) is 3. The number of hydrogen-bond acceptors (Lipinski definition) is 11. The number of ether oxygens (including phenoxy) is 3. The number of aliphatic hydroxyl groups is 1. The predicted octanol–water partition coefficient (Wildman–Crippen LogP) is 6.85. The number of imidazole rings is 1. The second-order valence-electron chi connectivity index (χ2n) is 13.5. The third-order valence-electron chi connectivity index (χ3n) is 9.42. The summed E-state index contributed by atoms with van der Waals surface area (Å²) in [7, 11) is 1.59. The van der Waals surface area contributed by atoms with Gasteiger partial charge in [-0.3, -0.25) is 24.5 Å². The summed E-state index contributed by atoms with van der Waals surface area (Å²) in [5.41, 5.74) is 4.36. The van der Waals surface area contributed by atoms with Crippen LogP contribution in [0.4, 0.5) is 5.95 Å². The number of carbonyl (C=O) groups is 2. The van der Waals surface area contributed by atoms with Gasteiger partial charge in [-0.05, 0) is 40.5 Å². The molecule has 56 heavy (non-hydrogen) atoms. The van der Waals surface area contributed by atoms with Gasteiger partial charge < -0.3 is 23.5 Å². The molecule has 1 aliphatic heterocycles. The van der Waals surface area contributed by atoms with Crippen LogP contribution in [0.2, 0.25) is 0 Å². The van der Waals surface area contributed by atoms with Crippen LogP contribution in [-0.4, -0.2) is 62.4 Å². The van der Waals surface area contributed by atoms with E-state index in [0.717, 1.165) is 22.3 Å². The number of esters is 1. The molecule has 4 aromatic carbocycles. The normalized spacial score (nSPS) is 16.7. The van der Waals surface area contributed by atoms with Crippen molar-refractivity contribution in [1.82, 2.24) is 19.5 Å². The molecular formula is C42H41N5O8S. The van der Waals surface area contributed by atoms with Crippen molar-refractivity contribution in [2.24, 2.45) is 5.92 Å². The van der Waals surface area contributed by atoms with E-state index in [1.165, 1.54) is 22.9 Å². The summed E-state index contributed by atoms with van der Waals surface area (Å²) < 4.78 is 25.2. The lowest BCUT2D eigenvalue weighted by Crippen LogP contribution is -2.28. The maximum absolute atomic E-state index is 13.9. The Morgan fingerprint density at radius 3 is 2.34 bits per heavy atom. The fourth-order valence-corrected chi connectivity index (χ4v) is 7.31. The second kappa shape index (κ2) is 17.3. The van der Waals surface area contributed by atoms with E-state index in [4.69, 9.17) is 18.4 Å². The Kier molecular flexibility index (Phi) is 11.9. The summed E-state index contributed by atoms with van der Waals surface area (Å²) in [5, 5.41) is 13.5. The van der Waals surface area contributed by atoms with Crippen LogP contribution in [0.15, 0.2) is 114 Å². The zero-order valence-electron chi connectivity index (χ0n) is 31.0. The monoisotopic (exact) mass is 775 g/mol. The van der Waals surface area contributed by atoms with Gasteiger partial charge in [0.25, 0.3) is 5.56 Å². The fourth-order valence-electron chi connectivity index (χ4n) is 6.44. The lowest BCUT2D eigenvalue weighted by Gasteiger charge is -2.19. The number of rotatable bonds is 14. The zero-order chi connectivity index (χ0) is 39.2. The van der Waals surface area contributed by atoms with Gasteiger partial charge in [0.05, 0.1) is 37.0 Å². The molecule has 0 radical (unpaired) electrons. The minimum absolute atomic E-state index is 0.0296. The molecule has 7 rings (SSSR count). The molecule has 1 aliphatic rings. The van der Waals surface area contributed by atoms with Crippen LogP contribution in [0.1, 0.15) is 58.8 Å². The first kappa shape index (κ1) is 38.5. The van der Waals surface area contributed by atoms with Crippen molar-refractivity contribution in [1.29, 1.82) is 0 Å². The Hall–Kier alpha value is -5.80. The summed E-state index contributed by atoms with van der Waals surface area (Å²) in [6.07, 6.45) is -1.16. The highest BCUT2D eigenvalue weighted by atomic mass is 32.2. The van der Waals surface area contributed by atoms with Gasteiger partial charge in [-0.2, -0.15) is 4.98 Å². The van der Waals surface area contributed by atoms with Crippen molar-refractivity contribution in [3.05, 3.63) is 142 Å². The standard InChI is InChI=1S/C42H41N5O8S/c1-25(2)39(49)45-42-44-38-36(40(50)46-42)43-24-47(38)34-21-32(48)33(55-34)23-53-41(51)31-16-10-15-29(35(31)26-17-19-30(52-3)20-18-26)22-54-56-37(27-11-6-4-7-12-27)28-13-8-5-9-14-28/h4-20,24-25,32-34,37,48H,21-23H2,1-3H3,(H2,44,45,46,49,50)/t32-,33+,34+/m0/s1. The summed E-state index contributed by atoms with van der Waals surface area (Å²) in [6, 6.07) is 33.1. The lowest BCUT2D eigenvalue weighted by molar-refractivity contribution is -0.118. The van der Waals surface area contributed by atoms with Crippen molar-refractivity contribution in [3.63, 3.8) is 0 Å². The molecule has 0 saturated carbocycles. The van der Waals surface area contributed by atoms with Gasteiger partial charge in [0.15, 0.2) is 11.2 Å². The topological polar surface area (TPSA) is 167 Å². The summed E-state index contributed by atoms with van der Waals surface area (Å²) in [5.74, 6) is -0.627. The van der Waals surface area contributed by atoms with E-state index in [0.29, 0.717) is 16.9 Å². The van der Waals surface area contributed by atoms with Crippen LogP contribution in [0, 0.1) is 5.92 Å². The number of amides is 1. The van der Waals surface area contributed by atoms with E-state index in [-0.39, 0.29) is 53.8 Å². The van der Waals surface area contributed by atoms with Gasteiger partial charge in [-0.15, -0.1) is 0 Å². The first-order valence-electron chi connectivity index (χ1n) is 18.1. The van der Waals surface area contributed by atoms with E-state index < -0.39 is 30.0 Å². The number of aromatic amines is 1. The molecular weight excluding hydrogens is 735 g/mol. The Labute approximate surface area is 327 Å². The van der Waals surface area contributed by atoms with Crippen LogP contribution in [0.5, 0.6) is 5.75 Å². The largest absolute Gasteiger partial charge is 0.497 e. The maximum atomic E-state index is 13.9. The number of aromatic nitrogens is 4. The Morgan fingerprint density at radius 1 is 0.982 bits per heavy atom. The molecule has 13 nitrogen and oxygen atoms in total. The second-order valence-corrected chi connectivity index (χ2v) is 14.4. The third-order valence-corrected chi connectivity index (χ3v) is 10.4. The van der Waals surface area contributed by atoms with Crippen molar-refractivity contribution < 1.29 is 33.1 Å². The van der Waals surface area contributed by atoms with Crippen LogP contribution in [0.3, 0.4) is 0 Å². The first-order valence-corrected chi connectivity index (χ1v) is 18.9. The Morgan fingerprint density at radius 2 is 1.68 bits per heavy atom. The van der Waals surface area contributed by atoms with Gasteiger partial charge in [-0.1, -0.05) is 98.8 Å². The van der Waals surface area contributed by atoms with E-state index in [9.17, 15) is 19.5 Å². The number of aliphatic hydroxyl groups excluding tert-OH is 1. The van der Waals surface area contributed by atoms with Crippen LogP contribution in [0.25, 0.3) is 22.3 Å². The molecule has 1 amide bonds.